The molecule has 5 nitrogen and oxygen atoms in total. The average molecular weight is 297 g/mol. The molecule has 2 atom stereocenters. The number of hydrogen-bond acceptors (Lipinski definition) is 4. The number of likely N-dealkylation sites (tertiary alicyclic amines) is 1. The molecule has 0 radical (unpaired) electrons. The van der Waals surface area contributed by atoms with E-state index in [4.69, 9.17) is 0 Å². The second-order valence-corrected chi connectivity index (χ2v) is 7.43. The van der Waals surface area contributed by atoms with Crippen LogP contribution < -0.4 is 0 Å². The molecule has 6 heteroatoms. The van der Waals surface area contributed by atoms with Crippen LogP contribution >= 0.6 is 0 Å². The van der Waals surface area contributed by atoms with Crippen molar-refractivity contribution in [2.45, 2.75) is 31.2 Å². The fraction of sp³-hybridized carbons (Fsp3) is 0.643. The molecule has 1 aromatic rings. The Labute approximate surface area is 121 Å². The van der Waals surface area contributed by atoms with E-state index in [0.29, 0.717) is 5.92 Å². The van der Waals surface area contributed by atoms with Crippen LogP contribution in [0, 0.1) is 5.92 Å². The molecule has 0 aromatic carbocycles. The first-order valence-corrected chi connectivity index (χ1v) is 8.51. The van der Waals surface area contributed by atoms with E-state index < -0.39 is 10.0 Å². The van der Waals surface area contributed by atoms with Crippen LogP contribution in [0.25, 0.3) is 0 Å². The van der Waals surface area contributed by atoms with E-state index in [0.717, 1.165) is 26.1 Å². The maximum Gasteiger partial charge on any atom is 0.244 e. The molecule has 112 valence electrons. The highest BCUT2D eigenvalue weighted by molar-refractivity contribution is 7.89. The van der Waals surface area contributed by atoms with E-state index in [2.05, 4.69) is 23.7 Å². The smallest absolute Gasteiger partial charge is 0.244 e. The van der Waals surface area contributed by atoms with Crippen molar-refractivity contribution in [3.05, 3.63) is 24.5 Å². The van der Waals surface area contributed by atoms with E-state index in [1.807, 2.05) is 0 Å². The van der Waals surface area contributed by atoms with Gasteiger partial charge in [-0.1, -0.05) is 13.8 Å². The summed E-state index contributed by atoms with van der Waals surface area (Å²) in [7, 11) is -1.76. The monoisotopic (exact) mass is 297 g/mol. The lowest BCUT2D eigenvalue weighted by atomic mass is 9.94. The van der Waals surface area contributed by atoms with Crippen molar-refractivity contribution in [1.82, 2.24) is 14.2 Å². The second kappa shape index (κ2) is 6.20. The zero-order valence-corrected chi connectivity index (χ0v) is 13.2. The van der Waals surface area contributed by atoms with Gasteiger partial charge in [-0.2, -0.15) is 4.31 Å². The number of sulfonamides is 1. The molecule has 0 saturated carbocycles. The summed E-state index contributed by atoms with van der Waals surface area (Å²) in [6, 6.07) is 3.32. The zero-order chi connectivity index (χ0) is 14.8. The van der Waals surface area contributed by atoms with E-state index in [-0.39, 0.29) is 10.9 Å². The van der Waals surface area contributed by atoms with Crippen LogP contribution in [-0.4, -0.2) is 55.3 Å². The van der Waals surface area contributed by atoms with Crippen LogP contribution in [-0.2, 0) is 10.0 Å². The molecule has 1 aliphatic rings. The van der Waals surface area contributed by atoms with Crippen LogP contribution in [0.1, 0.15) is 20.3 Å². The summed E-state index contributed by atoms with van der Waals surface area (Å²) in [5.74, 6) is 0.333. The lowest BCUT2D eigenvalue weighted by Gasteiger charge is -2.40. The number of nitrogens with zero attached hydrogens (tertiary/aromatic N) is 3. The first kappa shape index (κ1) is 15.4. The topological polar surface area (TPSA) is 53.5 Å². The van der Waals surface area contributed by atoms with Crippen molar-refractivity contribution in [3.63, 3.8) is 0 Å². The highest BCUT2D eigenvalue weighted by Gasteiger charge is 2.34. The van der Waals surface area contributed by atoms with Crippen LogP contribution in [0.2, 0.25) is 0 Å². The van der Waals surface area contributed by atoms with Crippen molar-refractivity contribution in [3.8, 4) is 0 Å². The fourth-order valence-electron chi connectivity index (χ4n) is 2.89. The number of rotatable bonds is 4. The largest absolute Gasteiger partial charge is 0.303 e. The highest BCUT2D eigenvalue weighted by atomic mass is 32.2. The third-order valence-electron chi connectivity index (χ3n) is 4.17. The summed E-state index contributed by atoms with van der Waals surface area (Å²) in [5, 5.41) is 0. The van der Waals surface area contributed by atoms with E-state index in [1.54, 1.807) is 25.4 Å². The molecule has 1 fully saturated rings. The van der Waals surface area contributed by atoms with Crippen molar-refractivity contribution in [2.24, 2.45) is 5.92 Å². The van der Waals surface area contributed by atoms with Crippen molar-refractivity contribution in [1.29, 1.82) is 0 Å². The third-order valence-corrected chi connectivity index (χ3v) is 6.04. The Kier molecular flexibility index (Phi) is 4.78. The molecule has 2 unspecified atom stereocenters. The van der Waals surface area contributed by atoms with Crippen LogP contribution in [0.4, 0.5) is 0 Å². The van der Waals surface area contributed by atoms with Crippen LogP contribution in [0.3, 0.4) is 0 Å². The molecule has 20 heavy (non-hydrogen) atoms. The molecule has 0 aliphatic carbocycles. The van der Waals surface area contributed by atoms with Gasteiger partial charge in [0.25, 0.3) is 0 Å². The highest BCUT2D eigenvalue weighted by Crippen LogP contribution is 2.25. The summed E-state index contributed by atoms with van der Waals surface area (Å²) < 4.78 is 26.7. The van der Waals surface area contributed by atoms with Gasteiger partial charge in [-0.05, 0) is 37.6 Å². The van der Waals surface area contributed by atoms with Gasteiger partial charge in [0.15, 0.2) is 0 Å². The normalized spacial score (nSPS) is 25.0. The molecule has 1 aliphatic heterocycles. The second-order valence-electron chi connectivity index (χ2n) is 5.44. The van der Waals surface area contributed by atoms with Gasteiger partial charge >= 0.3 is 0 Å². The Balaban J connectivity index is 2.17. The van der Waals surface area contributed by atoms with E-state index in [1.165, 1.54) is 10.5 Å². The SMILES string of the molecule is CCN1CCC(N(C)S(=O)(=O)c2cccnc2)C(C)C1. The molecule has 2 heterocycles. The minimum Gasteiger partial charge on any atom is -0.303 e. The molecular weight excluding hydrogens is 274 g/mol. The quantitative estimate of drug-likeness (QED) is 0.844. The summed E-state index contributed by atoms with van der Waals surface area (Å²) in [6.07, 6.45) is 3.88. The van der Waals surface area contributed by atoms with Crippen LogP contribution in [0.15, 0.2) is 29.4 Å². The lowest BCUT2D eigenvalue weighted by molar-refractivity contribution is 0.123. The van der Waals surface area contributed by atoms with Gasteiger partial charge in [-0.25, -0.2) is 8.42 Å². The Morgan fingerprint density at radius 2 is 2.25 bits per heavy atom. The van der Waals surface area contributed by atoms with Crippen molar-refractivity contribution < 1.29 is 8.42 Å². The van der Waals surface area contributed by atoms with Gasteiger partial charge in [0.2, 0.25) is 10.0 Å². The van der Waals surface area contributed by atoms with Gasteiger partial charge < -0.3 is 4.90 Å². The van der Waals surface area contributed by atoms with Gasteiger partial charge in [-0.15, -0.1) is 0 Å². The molecule has 1 aromatic heterocycles. The zero-order valence-electron chi connectivity index (χ0n) is 12.4. The maximum atomic E-state index is 12.6. The van der Waals surface area contributed by atoms with Gasteiger partial charge in [0, 0.05) is 32.0 Å². The first-order chi connectivity index (χ1) is 9.46. The fourth-order valence-corrected chi connectivity index (χ4v) is 4.34. The third kappa shape index (κ3) is 3.02. The van der Waals surface area contributed by atoms with Crippen molar-refractivity contribution >= 4 is 10.0 Å². The molecule has 0 spiro atoms. The summed E-state index contributed by atoms with van der Waals surface area (Å²) in [6.45, 7) is 7.20. The number of aromatic nitrogens is 1. The Bertz CT molecular complexity index is 533. The summed E-state index contributed by atoms with van der Waals surface area (Å²) >= 11 is 0. The predicted octanol–water partition coefficient (Wildman–Crippen LogP) is 1.43. The first-order valence-electron chi connectivity index (χ1n) is 7.07. The molecule has 0 N–H and O–H groups in total. The number of hydrogen-bond donors (Lipinski definition) is 0. The Hall–Kier alpha value is -0.980. The maximum absolute atomic E-state index is 12.6. The Morgan fingerprint density at radius 3 is 2.80 bits per heavy atom. The lowest BCUT2D eigenvalue weighted by Crippen LogP contribution is -2.50. The van der Waals surface area contributed by atoms with Crippen molar-refractivity contribution in [2.75, 3.05) is 26.7 Å². The summed E-state index contributed by atoms with van der Waals surface area (Å²) in [4.78, 5) is 6.55. The predicted molar refractivity (Wildman–Crippen MR) is 78.9 cm³/mol. The van der Waals surface area contributed by atoms with Gasteiger partial charge in [0.1, 0.15) is 4.90 Å². The van der Waals surface area contributed by atoms with Crippen LogP contribution in [0.5, 0.6) is 0 Å². The van der Waals surface area contributed by atoms with Gasteiger partial charge in [-0.3, -0.25) is 4.98 Å². The summed E-state index contributed by atoms with van der Waals surface area (Å²) in [5.41, 5.74) is 0. The van der Waals surface area contributed by atoms with E-state index >= 15 is 0 Å². The minimum atomic E-state index is -3.44. The average Bonchev–Trinajstić information content (AvgIpc) is 2.47. The van der Waals surface area contributed by atoms with Gasteiger partial charge in [0.05, 0.1) is 0 Å². The van der Waals surface area contributed by atoms with E-state index in [9.17, 15) is 8.42 Å². The minimum absolute atomic E-state index is 0.0583. The molecule has 2 rings (SSSR count). The Morgan fingerprint density at radius 1 is 1.50 bits per heavy atom. The number of piperidine rings is 1. The molecular formula is C14H23N3O2S. The standard InChI is InChI=1S/C14H23N3O2S/c1-4-17-9-7-14(12(2)11-17)16(3)20(18,19)13-6-5-8-15-10-13/h5-6,8,10,12,14H,4,7,9,11H2,1-3H3. The number of pyridine rings is 1. The molecule has 0 bridgehead atoms. The molecule has 1 saturated heterocycles. The molecule has 0 amide bonds.